The third kappa shape index (κ3) is 4.29. The van der Waals surface area contributed by atoms with Crippen LogP contribution in [0.5, 0.6) is 5.75 Å². The van der Waals surface area contributed by atoms with Crippen LogP contribution in [0.2, 0.25) is 0 Å². The number of benzene rings is 2. The van der Waals surface area contributed by atoms with E-state index in [1.54, 1.807) is 31.4 Å². The van der Waals surface area contributed by atoms with Gasteiger partial charge in [0.25, 0.3) is 0 Å². The Kier molecular flexibility index (Phi) is 4.90. The van der Waals surface area contributed by atoms with Crippen LogP contribution in [0.25, 0.3) is 0 Å². The molecule has 3 N–H and O–H groups in total. The van der Waals surface area contributed by atoms with Crippen LogP contribution in [0.4, 0.5) is 5.69 Å². The van der Waals surface area contributed by atoms with Gasteiger partial charge in [-0.15, -0.1) is 0 Å². The van der Waals surface area contributed by atoms with Crippen molar-refractivity contribution in [1.82, 2.24) is 0 Å². The van der Waals surface area contributed by atoms with Gasteiger partial charge >= 0.3 is 0 Å². The van der Waals surface area contributed by atoms with Gasteiger partial charge in [-0.05, 0) is 42.0 Å². The number of hydrogen-bond donors (Lipinski definition) is 2. The monoisotopic (exact) mass is 300 g/mol. The predicted octanol–water partition coefficient (Wildman–Crippen LogP) is 2.51. The van der Waals surface area contributed by atoms with Gasteiger partial charge in [-0.3, -0.25) is 4.79 Å². The highest BCUT2D eigenvalue weighted by molar-refractivity contribution is 7.80. The number of carbonyl (C=O) groups is 1. The van der Waals surface area contributed by atoms with Crippen LogP contribution in [0.15, 0.2) is 48.5 Å². The molecule has 1 amide bonds. The lowest BCUT2D eigenvalue weighted by Crippen LogP contribution is -2.15. The minimum absolute atomic E-state index is 0.0803. The first kappa shape index (κ1) is 15.0. The Morgan fingerprint density at radius 3 is 2.29 bits per heavy atom. The van der Waals surface area contributed by atoms with Gasteiger partial charge in [0.2, 0.25) is 5.91 Å². The Morgan fingerprint density at radius 2 is 1.76 bits per heavy atom. The van der Waals surface area contributed by atoms with E-state index in [2.05, 4.69) is 5.32 Å². The average molecular weight is 300 g/mol. The van der Waals surface area contributed by atoms with Crippen molar-refractivity contribution in [3.05, 3.63) is 59.7 Å². The van der Waals surface area contributed by atoms with Gasteiger partial charge in [0, 0.05) is 11.3 Å². The van der Waals surface area contributed by atoms with Crippen LogP contribution in [0.3, 0.4) is 0 Å². The Labute approximate surface area is 128 Å². The Bertz CT molecular complexity index is 636. The molecule has 0 bridgehead atoms. The maximum Gasteiger partial charge on any atom is 0.228 e. The molecule has 2 aromatic rings. The van der Waals surface area contributed by atoms with Gasteiger partial charge in [0.15, 0.2) is 0 Å². The standard InChI is InChI=1S/C16H16N2O2S/c1-20-14-8-2-11(3-9-14)10-15(19)18-13-6-4-12(5-7-13)16(17)21/h2-9H,10H2,1H3,(H2,17,21)(H,18,19). The molecule has 0 saturated carbocycles. The highest BCUT2D eigenvalue weighted by Crippen LogP contribution is 2.13. The first-order chi connectivity index (χ1) is 10.1. The van der Waals surface area contributed by atoms with Crippen LogP contribution in [-0.2, 0) is 11.2 Å². The normalized spacial score (nSPS) is 9.95. The zero-order valence-electron chi connectivity index (χ0n) is 11.6. The summed E-state index contributed by atoms with van der Waals surface area (Å²) < 4.78 is 5.08. The first-order valence-electron chi connectivity index (χ1n) is 6.41. The molecule has 108 valence electrons. The fraction of sp³-hybridized carbons (Fsp3) is 0.125. The van der Waals surface area contributed by atoms with E-state index < -0.39 is 0 Å². The number of hydrogen-bond acceptors (Lipinski definition) is 3. The lowest BCUT2D eigenvalue weighted by atomic mass is 10.1. The number of anilines is 1. The van der Waals surface area contributed by atoms with Crippen LogP contribution in [0, 0.1) is 0 Å². The number of nitrogens with one attached hydrogen (secondary N) is 1. The number of nitrogens with two attached hydrogens (primary N) is 1. The van der Waals surface area contributed by atoms with Crippen LogP contribution in [-0.4, -0.2) is 18.0 Å². The summed E-state index contributed by atoms with van der Waals surface area (Å²) in [6, 6.07) is 14.5. The van der Waals surface area contributed by atoms with Crippen molar-refractivity contribution in [2.75, 3.05) is 12.4 Å². The van der Waals surface area contributed by atoms with Crippen molar-refractivity contribution < 1.29 is 9.53 Å². The average Bonchev–Trinajstić information content (AvgIpc) is 2.48. The van der Waals surface area contributed by atoms with Gasteiger partial charge < -0.3 is 15.8 Å². The summed E-state index contributed by atoms with van der Waals surface area (Å²) in [5.74, 6) is 0.691. The van der Waals surface area contributed by atoms with Crippen molar-refractivity contribution in [3.8, 4) is 5.75 Å². The Hall–Kier alpha value is -2.40. The van der Waals surface area contributed by atoms with Crippen LogP contribution >= 0.6 is 12.2 Å². The third-order valence-electron chi connectivity index (χ3n) is 2.98. The van der Waals surface area contributed by atoms with E-state index in [4.69, 9.17) is 22.7 Å². The summed E-state index contributed by atoms with van der Waals surface area (Å²) in [6.45, 7) is 0. The number of ether oxygens (including phenoxy) is 1. The Balaban J connectivity index is 1.95. The van der Waals surface area contributed by atoms with Crippen molar-refractivity contribution in [1.29, 1.82) is 0 Å². The number of amides is 1. The molecular weight excluding hydrogens is 284 g/mol. The summed E-state index contributed by atoms with van der Waals surface area (Å²) in [5.41, 5.74) is 7.94. The number of thiocarbonyl (C=S) groups is 1. The largest absolute Gasteiger partial charge is 0.497 e. The molecule has 2 rings (SSSR count). The molecule has 0 heterocycles. The lowest BCUT2D eigenvalue weighted by molar-refractivity contribution is -0.115. The van der Waals surface area contributed by atoms with Crippen LogP contribution in [0.1, 0.15) is 11.1 Å². The van der Waals surface area contributed by atoms with Crippen molar-refractivity contribution in [2.45, 2.75) is 6.42 Å². The molecule has 0 aliphatic carbocycles. The highest BCUT2D eigenvalue weighted by atomic mass is 32.1. The van der Waals surface area contributed by atoms with E-state index in [0.717, 1.165) is 16.9 Å². The second-order valence-electron chi connectivity index (χ2n) is 4.51. The minimum atomic E-state index is -0.0803. The van der Waals surface area contributed by atoms with E-state index in [0.29, 0.717) is 17.1 Å². The van der Waals surface area contributed by atoms with E-state index in [9.17, 15) is 4.79 Å². The first-order valence-corrected chi connectivity index (χ1v) is 6.82. The van der Waals surface area contributed by atoms with Gasteiger partial charge in [-0.2, -0.15) is 0 Å². The topological polar surface area (TPSA) is 64.3 Å². The summed E-state index contributed by atoms with van der Waals surface area (Å²) in [4.78, 5) is 12.3. The molecule has 21 heavy (non-hydrogen) atoms. The van der Waals surface area contributed by atoms with Gasteiger partial charge in [0.05, 0.1) is 13.5 Å². The summed E-state index contributed by atoms with van der Waals surface area (Å²) in [5, 5.41) is 2.83. The zero-order valence-corrected chi connectivity index (χ0v) is 12.4. The quantitative estimate of drug-likeness (QED) is 0.833. The van der Waals surface area contributed by atoms with Gasteiger partial charge in [0.1, 0.15) is 10.7 Å². The van der Waals surface area contributed by atoms with Gasteiger partial charge in [-0.1, -0.05) is 24.4 Å². The summed E-state index contributed by atoms with van der Waals surface area (Å²) in [6.07, 6.45) is 0.307. The van der Waals surface area contributed by atoms with Crippen molar-refractivity contribution in [3.63, 3.8) is 0 Å². The van der Waals surface area contributed by atoms with E-state index in [1.165, 1.54) is 0 Å². The van der Waals surface area contributed by atoms with E-state index in [-0.39, 0.29) is 5.91 Å². The molecule has 4 nitrogen and oxygen atoms in total. The lowest BCUT2D eigenvalue weighted by Gasteiger charge is -2.07. The highest BCUT2D eigenvalue weighted by Gasteiger charge is 2.05. The molecule has 0 spiro atoms. The summed E-state index contributed by atoms with van der Waals surface area (Å²) in [7, 11) is 1.61. The fourth-order valence-corrected chi connectivity index (χ4v) is 1.99. The van der Waals surface area contributed by atoms with Crippen LogP contribution < -0.4 is 15.8 Å². The molecule has 0 aliphatic rings. The maximum absolute atomic E-state index is 12.0. The summed E-state index contributed by atoms with van der Waals surface area (Å²) >= 11 is 4.88. The molecule has 2 aromatic carbocycles. The van der Waals surface area contributed by atoms with Gasteiger partial charge in [-0.25, -0.2) is 0 Å². The molecule has 0 radical (unpaired) electrons. The number of carbonyl (C=O) groups excluding carboxylic acids is 1. The molecule has 0 unspecified atom stereocenters. The second-order valence-corrected chi connectivity index (χ2v) is 4.95. The smallest absolute Gasteiger partial charge is 0.228 e. The number of methoxy groups -OCH3 is 1. The second kappa shape index (κ2) is 6.85. The molecule has 5 heteroatoms. The zero-order chi connectivity index (χ0) is 15.2. The number of rotatable bonds is 5. The SMILES string of the molecule is COc1ccc(CC(=O)Nc2ccc(C(N)=S)cc2)cc1. The molecule has 0 atom stereocenters. The third-order valence-corrected chi connectivity index (χ3v) is 3.21. The maximum atomic E-state index is 12.0. The van der Waals surface area contributed by atoms with E-state index >= 15 is 0 Å². The molecule has 0 fully saturated rings. The molecule has 0 aromatic heterocycles. The van der Waals surface area contributed by atoms with Crippen molar-refractivity contribution in [2.24, 2.45) is 5.73 Å². The Morgan fingerprint density at radius 1 is 1.14 bits per heavy atom. The molecule has 0 saturated heterocycles. The van der Waals surface area contributed by atoms with Crippen molar-refractivity contribution >= 4 is 28.8 Å². The minimum Gasteiger partial charge on any atom is -0.497 e. The molecule has 0 aliphatic heterocycles. The molecular formula is C16H16N2O2S. The van der Waals surface area contributed by atoms with E-state index in [1.807, 2.05) is 24.3 Å². The predicted molar refractivity (Wildman–Crippen MR) is 87.7 cm³/mol. The fourth-order valence-electron chi connectivity index (χ4n) is 1.85.